The monoisotopic (exact) mass is 529 g/mol. The van der Waals surface area contributed by atoms with E-state index in [0.717, 1.165) is 40.9 Å². The zero-order chi connectivity index (χ0) is 26.9. The number of carbonyl (C=O) groups is 1. The fourth-order valence-corrected chi connectivity index (χ4v) is 4.31. The van der Waals surface area contributed by atoms with Crippen molar-refractivity contribution in [1.82, 2.24) is 10.3 Å². The molecule has 0 saturated heterocycles. The molecule has 0 saturated carbocycles. The Morgan fingerprint density at radius 1 is 1.03 bits per heavy atom. The summed E-state index contributed by atoms with van der Waals surface area (Å²) in [6.45, 7) is 7.25. The second-order valence-electron chi connectivity index (χ2n) is 9.48. The first-order valence-electron chi connectivity index (χ1n) is 13.3. The van der Waals surface area contributed by atoms with E-state index < -0.39 is 0 Å². The van der Waals surface area contributed by atoms with E-state index in [2.05, 4.69) is 43.5 Å². The van der Waals surface area contributed by atoms with Gasteiger partial charge in [0.05, 0.1) is 6.61 Å². The number of anilines is 1. The maximum absolute atomic E-state index is 12.7. The van der Waals surface area contributed by atoms with Crippen LogP contribution in [0.15, 0.2) is 71.1 Å². The summed E-state index contributed by atoms with van der Waals surface area (Å²) in [7, 11) is 0. The molecule has 0 aliphatic heterocycles. The van der Waals surface area contributed by atoms with Crippen LogP contribution in [0.25, 0.3) is 22.6 Å². The molecule has 0 fully saturated rings. The summed E-state index contributed by atoms with van der Waals surface area (Å²) in [5.74, 6) is 1.47. The van der Waals surface area contributed by atoms with Crippen LogP contribution in [-0.4, -0.2) is 22.6 Å². The average Bonchev–Trinajstić information content (AvgIpc) is 3.36. The molecule has 1 aromatic heterocycles. The highest BCUT2D eigenvalue weighted by Gasteiger charge is 2.13. The van der Waals surface area contributed by atoms with Crippen LogP contribution in [0.3, 0.4) is 0 Å². The largest absolute Gasteiger partial charge is 0.494 e. The lowest BCUT2D eigenvalue weighted by Gasteiger charge is -2.11. The number of carbonyl (C=O) groups excluding carboxylic acids is 1. The number of aromatic nitrogens is 1. The molecule has 7 heteroatoms. The maximum atomic E-state index is 12.7. The number of nitrogens with zero attached hydrogens (tertiary/aromatic N) is 1. The van der Waals surface area contributed by atoms with Crippen molar-refractivity contribution in [1.29, 1.82) is 0 Å². The highest BCUT2D eigenvalue weighted by molar-refractivity contribution is 7.80. The average molecular weight is 530 g/mol. The van der Waals surface area contributed by atoms with Crippen molar-refractivity contribution in [3.05, 3.63) is 77.9 Å². The van der Waals surface area contributed by atoms with Crippen molar-refractivity contribution in [2.45, 2.75) is 58.8 Å². The molecule has 6 nitrogen and oxygen atoms in total. The third kappa shape index (κ3) is 7.19. The van der Waals surface area contributed by atoms with E-state index in [1.807, 2.05) is 30.3 Å². The molecule has 4 rings (SSSR count). The van der Waals surface area contributed by atoms with Gasteiger partial charge in [0.2, 0.25) is 5.89 Å². The van der Waals surface area contributed by atoms with Gasteiger partial charge in [0.1, 0.15) is 11.3 Å². The third-order valence-corrected chi connectivity index (χ3v) is 6.77. The number of oxazole rings is 1. The smallest absolute Gasteiger partial charge is 0.257 e. The molecule has 198 valence electrons. The third-order valence-electron chi connectivity index (χ3n) is 6.57. The Labute approximate surface area is 229 Å². The molecule has 1 heterocycles. The summed E-state index contributed by atoms with van der Waals surface area (Å²) in [6.07, 6.45) is 5.68. The Bertz CT molecular complexity index is 1380. The fraction of sp³-hybridized carbons (Fsp3) is 0.323. The summed E-state index contributed by atoms with van der Waals surface area (Å²) in [4.78, 5) is 17.4. The van der Waals surface area contributed by atoms with Gasteiger partial charge in [0.15, 0.2) is 10.7 Å². The van der Waals surface area contributed by atoms with Gasteiger partial charge < -0.3 is 14.5 Å². The van der Waals surface area contributed by atoms with E-state index in [4.69, 9.17) is 26.4 Å². The zero-order valence-electron chi connectivity index (χ0n) is 22.3. The Kier molecular flexibility index (Phi) is 9.49. The molecule has 0 aliphatic rings. The van der Waals surface area contributed by atoms with Crippen LogP contribution in [0.1, 0.15) is 74.7 Å². The molecular formula is C31H35N3O3S. The first kappa shape index (κ1) is 27.3. The van der Waals surface area contributed by atoms with Crippen molar-refractivity contribution < 1.29 is 13.9 Å². The van der Waals surface area contributed by atoms with Crippen molar-refractivity contribution in [2.75, 3.05) is 11.9 Å². The number of ether oxygens (including phenoxy) is 1. The number of unbranched alkanes of at least 4 members (excludes halogenated alkanes) is 3. The Morgan fingerprint density at radius 2 is 1.84 bits per heavy atom. The second-order valence-corrected chi connectivity index (χ2v) is 9.89. The minimum Gasteiger partial charge on any atom is -0.494 e. The first-order valence-corrected chi connectivity index (χ1v) is 13.7. The lowest BCUT2D eigenvalue weighted by molar-refractivity contribution is 0.0977. The zero-order valence-corrected chi connectivity index (χ0v) is 23.1. The van der Waals surface area contributed by atoms with Gasteiger partial charge in [-0.15, -0.1) is 0 Å². The predicted molar refractivity (Wildman–Crippen MR) is 158 cm³/mol. The number of hydrogen-bond donors (Lipinski definition) is 2. The molecule has 1 amide bonds. The first-order chi connectivity index (χ1) is 18.5. The van der Waals surface area contributed by atoms with Crippen LogP contribution >= 0.6 is 12.2 Å². The quantitative estimate of drug-likeness (QED) is 0.151. The van der Waals surface area contributed by atoms with Gasteiger partial charge >= 0.3 is 0 Å². The molecule has 38 heavy (non-hydrogen) atoms. The summed E-state index contributed by atoms with van der Waals surface area (Å²) in [5, 5.41) is 6.02. The number of nitrogens with one attached hydrogen (secondary N) is 2. The van der Waals surface area contributed by atoms with E-state index in [-0.39, 0.29) is 11.0 Å². The highest BCUT2D eigenvalue weighted by atomic mass is 32.1. The topological polar surface area (TPSA) is 76.4 Å². The van der Waals surface area contributed by atoms with Crippen molar-refractivity contribution in [3.63, 3.8) is 0 Å². The van der Waals surface area contributed by atoms with Crippen molar-refractivity contribution >= 4 is 40.0 Å². The summed E-state index contributed by atoms with van der Waals surface area (Å²) in [6, 6.07) is 20.8. The molecular weight excluding hydrogens is 494 g/mol. The van der Waals surface area contributed by atoms with Gasteiger partial charge in [-0.1, -0.05) is 52.2 Å². The molecule has 2 N–H and O–H groups in total. The SMILES string of the molecule is CCCCCCOc1ccc(C(=O)NC(=S)Nc2cccc(-c3nc4cc(C(C)CC)ccc4o3)c2)cc1. The number of amides is 1. The molecule has 4 aromatic rings. The van der Waals surface area contributed by atoms with Gasteiger partial charge in [0, 0.05) is 16.8 Å². The van der Waals surface area contributed by atoms with Gasteiger partial charge in [-0.25, -0.2) is 4.98 Å². The van der Waals surface area contributed by atoms with Gasteiger partial charge in [0.25, 0.3) is 5.91 Å². The van der Waals surface area contributed by atoms with Crippen LogP contribution in [0.4, 0.5) is 5.69 Å². The Balaban J connectivity index is 1.35. The van der Waals surface area contributed by atoms with Crippen LogP contribution in [-0.2, 0) is 0 Å². The van der Waals surface area contributed by atoms with E-state index in [0.29, 0.717) is 24.0 Å². The van der Waals surface area contributed by atoms with Crippen LogP contribution < -0.4 is 15.4 Å². The standard InChI is InChI=1S/C31H35N3O3S/c1-4-6-7-8-18-36-26-15-12-22(13-16-26)29(35)34-31(38)32-25-11-9-10-24(19-25)30-33-27-20-23(21(3)5-2)14-17-28(27)37-30/h9-17,19-21H,4-8,18H2,1-3H3,(H2,32,34,35,38). The van der Waals surface area contributed by atoms with Gasteiger partial charge in [-0.3, -0.25) is 10.1 Å². The van der Waals surface area contributed by atoms with Crippen LogP contribution in [0.5, 0.6) is 5.75 Å². The number of hydrogen-bond acceptors (Lipinski definition) is 5. The summed E-state index contributed by atoms with van der Waals surface area (Å²) >= 11 is 5.39. The van der Waals surface area contributed by atoms with E-state index in [1.54, 1.807) is 24.3 Å². The molecule has 0 bridgehead atoms. The fourth-order valence-electron chi connectivity index (χ4n) is 4.10. The maximum Gasteiger partial charge on any atom is 0.257 e. The minimum absolute atomic E-state index is 0.208. The minimum atomic E-state index is -0.288. The number of rotatable bonds is 11. The number of benzene rings is 3. The van der Waals surface area contributed by atoms with E-state index in [9.17, 15) is 4.79 Å². The number of thiocarbonyl (C=S) groups is 1. The van der Waals surface area contributed by atoms with Crippen LogP contribution in [0.2, 0.25) is 0 Å². The lowest BCUT2D eigenvalue weighted by Crippen LogP contribution is -2.34. The molecule has 1 atom stereocenters. The molecule has 0 radical (unpaired) electrons. The molecule has 1 unspecified atom stereocenters. The summed E-state index contributed by atoms with van der Waals surface area (Å²) < 4.78 is 11.8. The Morgan fingerprint density at radius 3 is 2.61 bits per heavy atom. The van der Waals surface area contributed by atoms with Gasteiger partial charge in [-0.05, 0) is 91.1 Å². The predicted octanol–water partition coefficient (Wildman–Crippen LogP) is 8.09. The Hall–Kier alpha value is -3.71. The van der Waals surface area contributed by atoms with Crippen molar-refractivity contribution in [3.8, 4) is 17.2 Å². The lowest BCUT2D eigenvalue weighted by atomic mass is 9.98. The van der Waals surface area contributed by atoms with E-state index >= 15 is 0 Å². The van der Waals surface area contributed by atoms with E-state index in [1.165, 1.54) is 24.8 Å². The molecule has 3 aromatic carbocycles. The highest BCUT2D eigenvalue weighted by Crippen LogP contribution is 2.29. The normalized spacial score (nSPS) is 11.8. The molecule has 0 aliphatic carbocycles. The van der Waals surface area contributed by atoms with Crippen LogP contribution in [0, 0.1) is 0 Å². The van der Waals surface area contributed by atoms with Crippen molar-refractivity contribution in [2.24, 2.45) is 0 Å². The second kappa shape index (κ2) is 13.2. The van der Waals surface area contributed by atoms with Gasteiger partial charge in [-0.2, -0.15) is 0 Å². The number of fused-ring (bicyclic) bond motifs is 1. The summed E-state index contributed by atoms with van der Waals surface area (Å²) in [5.41, 5.74) is 4.89. The molecule has 0 spiro atoms.